The van der Waals surface area contributed by atoms with E-state index in [1.807, 2.05) is 30.3 Å². The maximum absolute atomic E-state index is 12.1. The molecule has 0 fully saturated rings. The number of nitrogens with zero attached hydrogens (tertiary/aromatic N) is 1. The lowest BCUT2D eigenvalue weighted by Crippen LogP contribution is -2.14. The Morgan fingerprint density at radius 3 is 2.25 bits per heavy atom. The Hall–Kier alpha value is -1.68. The third kappa shape index (κ3) is 3.67. The second-order valence-corrected chi connectivity index (χ2v) is 6.56. The molecule has 0 bridgehead atoms. The van der Waals surface area contributed by atoms with Gasteiger partial charge in [0.2, 0.25) is 0 Å². The van der Waals surface area contributed by atoms with Gasteiger partial charge >= 0.3 is 0 Å². The van der Waals surface area contributed by atoms with Crippen molar-refractivity contribution in [2.75, 3.05) is 5.32 Å². The van der Waals surface area contributed by atoms with E-state index in [1.165, 1.54) is 5.56 Å². The molecule has 1 heterocycles. The third-order valence-corrected chi connectivity index (χ3v) is 3.45. The van der Waals surface area contributed by atoms with E-state index >= 15 is 0 Å². The standard InChI is InChI=1S/C16H17BrN2O/c1-16(2,3)12-6-4-11(5-7-12)15(20)19-14-9-8-13(17)10-18-14/h4-10H,1-3H3,(H,18,19,20). The highest BCUT2D eigenvalue weighted by Gasteiger charge is 2.14. The fourth-order valence-corrected chi connectivity index (χ4v) is 1.99. The first-order valence-electron chi connectivity index (χ1n) is 6.40. The van der Waals surface area contributed by atoms with Gasteiger partial charge in [-0.15, -0.1) is 0 Å². The van der Waals surface area contributed by atoms with Crippen LogP contribution in [0.5, 0.6) is 0 Å². The smallest absolute Gasteiger partial charge is 0.256 e. The normalized spacial score (nSPS) is 11.2. The molecule has 104 valence electrons. The minimum absolute atomic E-state index is 0.0856. The molecule has 0 atom stereocenters. The van der Waals surface area contributed by atoms with Crippen molar-refractivity contribution in [3.8, 4) is 0 Å². The molecule has 0 aliphatic carbocycles. The van der Waals surface area contributed by atoms with Crippen LogP contribution in [0, 0.1) is 0 Å². The van der Waals surface area contributed by atoms with Crippen molar-refractivity contribution < 1.29 is 4.79 Å². The van der Waals surface area contributed by atoms with E-state index in [0.29, 0.717) is 11.4 Å². The number of carbonyl (C=O) groups excluding carboxylic acids is 1. The van der Waals surface area contributed by atoms with E-state index in [0.717, 1.165) is 4.47 Å². The van der Waals surface area contributed by atoms with Crippen molar-refractivity contribution in [2.24, 2.45) is 0 Å². The first-order valence-corrected chi connectivity index (χ1v) is 7.19. The molecule has 4 heteroatoms. The van der Waals surface area contributed by atoms with Gasteiger partial charge in [0.25, 0.3) is 5.91 Å². The van der Waals surface area contributed by atoms with Crippen LogP contribution in [0.3, 0.4) is 0 Å². The SMILES string of the molecule is CC(C)(C)c1ccc(C(=O)Nc2ccc(Br)cn2)cc1. The molecule has 0 saturated heterocycles. The zero-order valence-electron chi connectivity index (χ0n) is 11.8. The zero-order chi connectivity index (χ0) is 14.8. The number of rotatable bonds is 2. The molecule has 1 aromatic carbocycles. The Bertz CT molecular complexity index is 598. The predicted octanol–water partition coefficient (Wildman–Crippen LogP) is 4.39. The van der Waals surface area contributed by atoms with E-state index in [-0.39, 0.29) is 11.3 Å². The molecule has 0 aliphatic heterocycles. The lowest BCUT2D eigenvalue weighted by Gasteiger charge is -2.19. The number of carbonyl (C=O) groups is 1. The van der Waals surface area contributed by atoms with Crippen LogP contribution >= 0.6 is 15.9 Å². The average molecular weight is 333 g/mol. The van der Waals surface area contributed by atoms with Gasteiger partial charge in [-0.1, -0.05) is 32.9 Å². The van der Waals surface area contributed by atoms with Gasteiger partial charge in [-0.25, -0.2) is 4.98 Å². The molecule has 20 heavy (non-hydrogen) atoms. The maximum atomic E-state index is 12.1. The van der Waals surface area contributed by atoms with Crippen molar-refractivity contribution in [2.45, 2.75) is 26.2 Å². The van der Waals surface area contributed by atoms with E-state index in [9.17, 15) is 4.79 Å². The van der Waals surface area contributed by atoms with Crippen LogP contribution in [0.1, 0.15) is 36.7 Å². The van der Waals surface area contributed by atoms with Gasteiger partial charge in [0.05, 0.1) is 0 Å². The summed E-state index contributed by atoms with van der Waals surface area (Å²) in [7, 11) is 0. The molecule has 1 N–H and O–H groups in total. The number of aromatic nitrogens is 1. The minimum atomic E-state index is -0.153. The summed E-state index contributed by atoms with van der Waals surface area (Å²) >= 11 is 3.31. The van der Waals surface area contributed by atoms with Crippen molar-refractivity contribution in [3.63, 3.8) is 0 Å². The molecule has 1 aromatic heterocycles. The van der Waals surface area contributed by atoms with Crippen LogP contribution in [-0.2, 0) is 5.41 Å². The minimum Gasteiger partial charge on any atom is -0.307 e. The largest absolute Gasteiger partial charge is 0.307 e. The Kier molecular flexibility index (Phi) is 4.23. The van der Waals surface area contributed by atoms with Gasteiger partial charge < -0.3 is 5.32 Å². The lowest BCUT2D eigenvalue weighted by molar-refractivity contribution is 0.102. The number of benzene rings is 1. The van der Waals surface area contributed by atoms with Crippen LogP contribution < -0.4 is 5.32 Å². The fraction of sp³-hybridized carbons (Fsp3) is 0.250. The zero-order valence-corrected chi connectivity index (χ0v) is 13.4. The summed E-state index contributed by atoms with van der Waals surface area (Å²) in [6.45, 7) is 6.44. The molecule has 0 saturated carbocycles. The van der Waals surface area contributed by atoms with Crippen molar-refractivity contribution in [1.29, 1.82) is 0 Å². The van der Waals surface area contributed by atoms with E-state index in [2.05, 4.69) is 47.0 Å². The van der Waals surface area contributed by atoms with Crippen LogP contribution in [0.25, 0.3) is 0 Å². The van der Waals surface area contributed by atoms with Gasteiger partial charge in [-0.05, 0) is 51.2 Å². The topological polar surface area (TPSA) is 42.0 Å². The maximum Gasteiger partial charge on any atom is 0.256 e. The molecule has 0 aliphatic rings. The first kappa shape index (κ1) is 14.7. The van der Waals surface area contributed by atoms with Gasteiger partial charge in [0.15, 0.2) is 0 Å². The predicted molar refractivity (Wildman–Crippen MR) is 85.0 cm³/mol. The number of nitrogens with one attached hydrogen (secondary N) is 1. The van der Waals surface area contributed by atoms with Gasteiger partial charge in [0.1, 0.15) is 5.82 Å². The number of amides is 1. The summed E-state index contributed by atoms with van der Waals surface area (Å²) < 4.78 is 0.880. The Balaban J connectivity index is 2.11. The summed E-state index contributed by atoms with van der Waals surface area (Å²) in [4.78, 5) is 16.2. The van der Waals surface area contributed by atoms with Crippen LogP contribution in [0.2, 0.25) is 0 Å². The van der Waals surface area contributed by atoms with Crippen molar-refractivity contribution in [1.82, 2.24) is 4.98 Å². The van der Waals surface area contributed by atoms with Crippen molar-refractivity contribution >= 4 is 27.7 Å². The number of pyridine rings is 1. The molecule has 0 spiro atoms. The molecule has 0 unspecified atom stereocenters. The van der Waals surface area contributed by atoms with Gasteiger partial charge in [0, 0.05) is 16.2 Å². The molecule has 0 radical (unpaired) electrons. The van der Waals surface area contributed by atoms with Gasteiger partial charge in [-0.2, -0.15) is 0 Å². The van der Waals surface area contributed by atoms with Crippen LogP contribution in [0.4, 0.5) is 5.82 Å². The third-order valence-electron chi connectivity index (χ3n) is 2.98. The summed E-state index contributed by atoms with van der Waals surface area (Å²) in [6.07, 6.45) is 1.65. The Morgan fingerprint density at radius 1 is 1.10 bits per heavy atom. The number of hydrogen-bond donors (Lipinski definition) is 1. The summed E-state index contributed by atoms with van der Waals surface area (Å²) in [6, 6.07) is 11.3. The quantitative estimate of drug-likeness (QED) is 0.885. The summed E-state index contributed by atoms with van der Waals surface area (Å²) in [5, 5.41) is 2.77. The summed E-state index contributed by atoms with van der Waals surface area (Å²) in [5.74, 6) is 0.387. The Labute approximate surface area is 127 Å². The summed E-state index contributed by atoms with van der Waals surface area (Å²) in [5.41, 5.74) is 1.92. The molecule has 2 rings (SSSR count). The molecule has 1 amide bonds. The van der Waals surface area contributed by atoms with Crippen LogP contribution in [0.15, 0.2) is 47.1 Å². The number of hydrogen-bond acceptors (Lipinski definition) is 2. The second-order valence-electron chi connectivity index (χ2n) is 5.64. The Morgan fingerprint density at radius 2 is 1.75 bits per heavy atom. The first-order chi connectivity index (χ1) is 9.36. The van der Waals surface area contributed by atoms with E-state index in [1.54, 1.807) is 12.3 Å². The molecule has 2 aromatic rings. The highest BCUT2D eigenvalue weighted by atomic mass is 79.9. The van der Waals surface area contributed by atoms with E-state index in [4.69, 9.17) is 0 Å². The van der Waals surface area contributed by atoms with Gasteiger partial charge in [-0.3, -0.25) is 4.79 Å². The highest BCUT2D eigenvalue weighted by Crippen LogP contribution is 2.22. The number of halogens is 1. The second kappa shape index (κ2) is 5.75. The molecule has 3 nitrogen and oxygen atoms in total. The molecular formula is C16H17BrN2O. The molecular weight excluding hydrogens is 316 g/mol. The van der Waals surface area contributed by atoms with Crippen LogP contribution in [-0.4, -0.2) is 10.9 Å². The fourth-order valence-electron chi connectivity index (χ4n) is 1.76. The average Bonchev–Trinajstić information content (AvgIpc) is 2.40. The number of anilines is 1. The van der Waals surface area contributed by atoms with Crippen molar-refractivity contribution in [3.05, 3.63) is 58.2 Å². The lowest BCUT2D eigenvalue weighted by atomic mass is 9.87. The monoisotopic (exact) mass is 332 g/mol. The van der Waals surface area contributed by atoms with E-state index < -0.39 is 0 Å². The highest BCUT2D eigenvalue weighted by molar-refractivity contribution is 9.10.